The molecule has 0 atom stereocenters. The van der Waals surface area contributed by atoms with Crippen molar-refractivity contribution in [3.05, 3.63) is 59.7 Å². The van der Waals surface area contributed by atoms with E-state index >= 15 is 0 Å². The standard InChI is InChI=1S/C21H24N6O/c1-15-8-9-19(16(2)14-15)22-20(28)17-10-12-26(13-11-17)21-23-24-25-27(21)18-6-4-3-5-7-18/h3-9,14,17H,10-13H2,1-2H3,(H,22,28). The van der Waals surface area contributed by atoms with Crippen LogP contribution in [0.2, 0.25) is 0 Å². The van der Waals surface area contributed by atoms with Crippen molar-refractivity contribution in [3.8, 4) is 5.69 Å². The van der Waals surface area contributed by atoms with Crippen LogP contribution in [-0.2, 0) is 4.79 Å². The molecule has 1 amide bonds. The molecule has 4 rings (SSSR count). The molecule has 2 aromatic carbocycles. The van der Waals surface area contributed by atoms with Crippen LogP contribution in [0.1, 0.15) is 24.0 Å². The molecule has 1 fully saturated rings. The fourth-order valence-corrected chi connectivity index (χ4v) is 3.65. The minimum atomic E-state index is -0.00184. The number of tetrazole rings is 1. The number of benzene rings is 2. The minimum Gasteiger partial charge on any atom is -0.339 e. The summed E-state index contributed by atoms with van der Waals surface area (Å²) in [6, 6.07) is 15.9. The predicted molar refractivity (Wildman–Crippen MR) is 109 cm³/mol. The Bertz CT molecular complexity index is 960. The van der Waals surface area contributed by atoms with Crippen molar-refractivity contribution in [2.75, 3.05) is 23.3 Å². The summed E-state index contributed by atoms with van der Waals surface area (Å²) in [7, 11) is 0. The topological polar surface area (TPSA) is 75.9 Å². The molecule has 0 unspecified atom stereocenters. The summed E-state index contributed by atoms with van der Waals surface area (Å²) in [6.45, 7) is 5.57. The van der Waals surface area contributed by atoms with Crippen molar-refractivity contribution in [2.24, 2.45) is 5.92 Å². The van der Waals surface area contributed by atoms with E-state index in [9.17, 15) is 4.79 Å². The Balaban J connectivity index is 1.40. The van der Waals surface area contributed by atoms with E-state index in [1.54, 1.807) is 4.68 Å². The first-order chi connectivity index (χ1) is 13.6. The number of para-hydroxylation sites is 1. The largest absolute Gasteiger partial charge is 0.339 e. The van der Waals surface area contributed by atoms with Gasteiger partial charge in [-0.25, -0.2) is 0 Å². The normalized spacial score (nSPS) is 14.9. The smallest absolute Gasteiger partial charge is 0.250 e. The lowest BCUT2D eigenvalue weighted by atomic mass is 9.96. The summed E-state index contributed by atoms with van der Waals surface area (Å²) in [5.74, 6) is 0.812. The van der Waals surface area contributed by atoms with Crippen molar-refractivity contribution < 1.29 is 4.79 Å². The van der Waals surface area contributed by atoms with E-state index in [1.807, 2.05) is 49.4 Å². The van der Waals surface area contributed by atoms with Gasteiger partial charge in [0.05, 0.1) is 5.69 Å². The first kappa shape index (κ1) is 18.2. The van der Waals surface area contributed by atoms with Gasteiger partial charge in [0, 0.05) is 24.7 Å². The van der Waals surface area contributed by atoms with Crippen LogP contribution in [0.4, 0.5) is 11.6 Å². The van der Waals surface area contributed by atoms with Crippen LogP contribution in [0.3, 0.4) is 0 Å². The number of carbonyl (C=O) groups excluding carboxylic acids is 1. The number of anilines is 2. The predicted octanol–water partition coefficient (Wildman–Crippen LogP) is 3.13. The molecule has 7 heteroatoms. The van der Waals surface area contributed by atoms with Crippen LogP contribution in [0, 0.1) is 19.8 Å². The maximum atomic E-state index is 12.7. The molecule has 3 aromatic rings. The van der Waals surface area contributed by atoms with E-state index in [4.69, 9.17) is 0 Å². The fourth-order valence-electron chi connectivity index (χ4n) is 3.65. The third kappa shape index (κ3) is 3.74. The van der Waals surface area contributed by atoms with Gasteiger partial charge in [-0.05, 0) is 60.9 Å². The van der Waals surface area contributed by atoms with E-state index in [1.165, 1.54) is 5.56 Å². The Hall–Kier alpha value is -3.22. The van der Waals surface area contributed by atoms with Gasteiger partial charge < -0.3 is 10.2 Å². The van der Waals surface area contributed by atoms with Crippen LogP contribution in [0.15, 0.2) is 48.5 Å². The molecule has 2 heterocycles. The number of nitrogens with one attached hydrogen (secondary N) is 1. The highest BCUT2D eigenvalue weighted by Gasteiger charge is 2.28. The molecular formula is C21H24N6O. The lowest BCUT2D eigenvalue weighted by molar-refractivity contribution is -0.120. The van der Waals surface area contributed by atoms with Crippen LogP contribution in [0.25, 0.3) is 5.69 Å². The van der Waals surface area contributed by atoms with Gasteiger partial charge in [0.2, 0.25) is 11.9 Å². The van der Waals surface area contributed by atoms with E-state index < -0.39 is 0 Å². The van der Waals surface area contributed by atoms with Crippen molar-refractivity contribution in [1.29, 1.82) is 0 Å². The average Bonchev–Trinajstić information content (AvgIpc) is 3.21. The Morgan fingerprint density at radius 1 is 1.07 bits per heavy atom. The molecule has 0 radical (unpaired) electrons. The molecule has 1 aliphatic rings. The van der Waals surface area contributed by atoms with Gasteiger partial charge in [-0.1, -0.05) is 41.0 Å². The molecule has 1 saturated heterocycles. The van der Waals surface area contributed by atoms with E-state index in [0.29, 0.717) is 0 Å². The summed E-state index contributed by atoms with van der Waals surface area (Å²) in [5.41, 5.74) is 4.11. The molecule has 144 valence electrons. The number of aromatic nitrogens is 4. The summed E-state index contributed by atoms with van der Waals surface area (Å²) in [6.07, 6.45) is 1.55. The van der Waals surface area contributed by atoms with Crippen LogP contribution < -0.4 is 10.2 Å². The molecular weight excluding hydrogens is 352 g/mol. The van der Waals surface area contributed by atoms with E-state index in [0.717, 1.165) is 48.8 Å². The first-order valence-corrected chi connectivity index (χ1v) is 9.58. The first-order valence-electron chi connectivity index (χ1n) is 9.58. The van der Waals surface area contributed by atoms with E-state index in [2.05, 4.69) is 38.7 Å². The van der Waals surface area contributed by atoms with Crippen LogP contribution in [0.5, 0.6) is 0 Å². The quantitative estimate of drug-likeness (QED) is 0.757. The average molecular weight is 376 g/mol. The Morgan fingerprint density at radius 3 is 2.54 bits per heavy atom. The third-order valence-corrected chi connectivity index (χ3v) is 5.24. The molecule has 1 N–H and O–H groups in total. The highest BCUT2D eigenvalue weighted by Crippen LogP contribution is 2.25. The Kier molecular flexibility index (Phi) is 5.06. The fraction of sp³-hybridized carbons (Fsp3) is 0.333. The minimum absolute atomic E-state index is 0.00184. The van der Waals surface area contributed by atoms with Crippen molar-refractivity contribution in [1.82, 2.24) is 20.2 Å². The summed E-state index contributed by atoms with van der Waals surface area (Å²) in [4.78, 5) is 14.9. The number of carbonyl (C=O) groups is 1. The summed E-state index contributed by atoms with van der Waals surface area (Å²) >= 11 is 0. The van der Waals surface area contributed by atoms with Gasteiger partial charge in [0.15, 0.2) is 0 Å². The molecule has 1 aliphatic heterocycles. The highest BCUT2D eigenvalue weighted by molar-refractivity contribution is 5.93. The van der Waals surface area contributed by atoms with Gasteiger partial charge in [-0.15, -0.1) is 0 Å². The second-order valence-corrected chi connectivity index (χ2v) is 7.30. The third-order valence-electron chi connectivity index (χ3n) is 5.24. The lowest BCUT2D eigenvalue weighted by Gasteiger charge is -2.31. The summed E-state index contributed by atoms with van der Waals surface area (Å²) in [5, 5.41) is 15.3. The number of piperidine rings is 1. The number of nitrogens with zero attached hydrogens (tertiary/aromatic N) is 5. The van der Waals surface area contributed by atoms with Gasteiger partial charge in [-0.3, -0.25) is 4.79 Å². The zero-order valence-corrected chi connectivity index (χ0v) is 16.2. The monoisotopic (exact) mass is 376 g/mol. The van der Waals surface area contributed by atoms with Gasteiger partial charge in [0.1, 0.15) is 0 Å². The van der Waals surface area contributed by atoms with Crippen molar-refractivity contribution >= 4 is 17.5 Å². The second kappa shape index (κ2) is 7.80. The number of rotatable bonds is 4. The molecule has 28 heavy (non-hydrogen) atoms. The molecule has 0 bridgehead atoms. The van der Waals surface area contributed by atoms with E-state index in [-0.39, 0.29) is 11.8 Å². The zero-order valence-electron chi connectivity index (χ0n) is 16.2. The lowest BCUT2D eigenvalue weighted by Crippen LogP contribution is -2.39. The van der Waals surface area contributed by atoms with Gasteiger partial charge >= 0.3 is 0 Å². The molecule has 0 saturated carbocycles. The molecule has 1 aromatic heterocycles. The van der Waals surface area contributed by atoms with Crippen molar-refractivity contribution in [3.63, 3.8) is 0 Å². The second-order valence-electron chi connectivity index (χ2n) is 7.30. The van der Waals surface area contributed by atoms with Gasteiger partial charge in [0.25, 0.3) is 0 Å². The maximum absolute atomic E-state index is 12.7. The van der Waals surface area contributed by atoms with Crippen LogP contribution >= 0.6 is 0 Å². The number of hydrogen-bond donors (Lipinski definition) is 1. The molecule has 7 nitrogen and oxygen atoms in total. The SMILES string of the molecule is Cc1ccc(NC(=O)C2CCN(c3nnnn3-c3ccccc3)CC2)c(C)c1. The summed E-state index contributed by atoms with van der Waals surface area (Å²) < 4.78 is 1.75. The number of hydrogen-bond acceptors (Lipinski definition) is 5. The highest BCUT2D eigenvalue weighted by atomic mass is 16.1. The molecule has 0 spiro atoms. The zero-order chi connectivity index (χ0) is 19.5. The Labute approximate surface area is 164 Å². The number of aryl methyl sites for hydroxylation is 2. The van der Waals surface area contributed by atoms with Crippen molar-refractivity contribution in [2.45, 2.75) is 26.7 Å². The van der Waals surface area contributed by atoms with Crippen LogP contribution in [-0.4, -0.2) is 39.2 Å². The van der Waals surface area contributed by atoms with Gasteiger partial charge in [-0.2, -0.15) is 4.68 Å². The Morgan fingerprint density at radius 2 is 1.82 bits per heavy atom. The number of amides is 1. The maximum Gasteiger partial charge on any atom is 0.250 e. The molecule has 0 aliphatic carbocycles.